The van der Waals surface area contributed by atoms with Crippen LogP contribution in [0, 0.1) is 17.8 Å². The van der Waals surface area contributed by atoms with Crippen LogP contribution in [0.1, 0.15) is 80.6 Å². The van der Waals surface area contributed by atoms with E-state index in [1.165, 1.54) is 79.7 Å². The van der Waals surface area contributed by atoms with Crippen LogP contribution in [-0.2, 0) is 5.41 Å². The number of carboxylic acids is 1. The van der Waals surface area contributed by atoms with Gasteiger partial charge in [-0.1, -0.05) is 36.8 Å². The van der Waals surface area contributed by atoms with Crippen LogP contribution in [-0.4, -0.2) is 35.3 Å². The van der Waals surface area contributed by atoms with Gasteiger partial charge in [-0.3, -0.25) is 4.90 Å². The molecule has 8 rings (SSSR count). The minimum absolute atomic E-state index is 0.0761. The Hall–Kier alpha value is -2.85. The minimum atomic E-state index is -0.886. The van der Waals surface area contributed by atoms with E-state index in [0.29, 0.717) is 5.56 Å². The fraction of sp³-hybridized carbons (Fsp3) is 0.500. The summed E-state index contributed by atoms with van der Waals surface area (Å²) < 4.78 is 6.93. The van der Waals surface area contributed by atoms with Crippen molar-refractivity contribution in [2.75, 3.05) is 13.1 Å². The first-order valence-electron chi connectivity index (χ1n) is 14.8. The van der Waals surface area contributed by atoms with Crippen LogP contribution in [0.2, 0.25) is 0 Å². The Balaban J connectivity index is 1.35. The van der Waals surface area contributed by atoms with E-state index in [-0.39, 0.29) is 11.6 Å². The largest absolute Gasteiger partial charge is 0.478 e. The second-order valence-electron chi connectivity index (χ2n) is 12.8. The molecule has 198 valence electrons. The number of aromatic carboxylic acids is 1. The van der Waals surface area contributed by atoms with Gasteiger partial charge >= 0.3 is 5.97 Å². The van der Waals surface area contributed by atoms with E-state index >= 15 is 0 Å². The first-order chi connectivity index (χ1) is 18.5. The van der Waals surface area contributed by atoms with Gasteiger partial charge in [-0.25, -0.2) is 4.79 Å². The van der Waals surface area contributed by atoms with Crippen LogP contribution < -0.4 is 4.74 Å². The predicted molar refractivity (Wildman–Crippen MR) is 152 cm³/mol. The molecule has 1 atom stereocenters. The highest BCUT2D eigenvalue weighted by molar-refractivity contribution is 5.98. The average molecular weight is 510 g/mol. The molecular weight excluding hydrogens is 470 g/mol. The third-order valence-electron chi connectivity index (χ3n) is 10.2. The fourth-order valence-electron chi connectivity index (χ4n) is 8.84. The highest BCUT2D eigenvalue weighted by Gasteiger charge is 2.52. The van der Waals surface area contributed by atoms with Crippen molar-refractivity contribution in [3.63, 3.8) is 0 Å². The van der Waals surface area contributed by atoms with Gasteiger partial charge in [0.05, 0.1) is 5.56 Å². The van der Waals surface area contributed by atoms with Crippen LogP contribution >= 0.6 is 0 Å². The summed E-state index contributed by atoms with van der Waals surface area (Å²) in [5.74, 6) is 2.80. The van der Waals surface area contributed by atoms with Gasteiger partial charge in [0.1, 0.15) is 12.0 Å². The molecule has 1 unspecified atom stereocenters. The molecule has 5 fully saturated rings. The molecule has 4 bridgehead atoms. The van der Waals surface area contributed by atoms with Crippen molar-refractivity contribution in [1.29, 1.82) is 0 Å². The van der Waals surface area contributed by atoms with Gasteiger partial charge in [0.15, 0.2) is 0 Å². The molecule has 1 aliphatic heterocycles. The molecule has 1 heterocycles. The fourth-order valence-corrected chi connectivity index (χ4v) is 8.84. The number of nitrogens with zero attached hydrogens (tertiary/aromatic N) is 1. The van der Waals surface area contributed by atoms with Gasteiger partial charge < -0.3 is 9.84 Å². The summed E-state index contributed by atoms with van der Waals surface area (Å²) in [6.45, 7) is 4.48. The Morgan fingerprint density at radius 3 is 2.21 bits per heavy atom. The maximum Gasteiger partial charge on any atom is 0.335 e. The van der Waals surface area contributed by atoms with Crippen molar-refractivity contribution >= 4 is 16.7 Å². The number of hydrogen-bond donors (Lipinski definition) is 1. The summed E-state index contributed by atoms with van der Waals surface area (Å²) >= 11 is 0. The Labute approximate surface area is 226 Å². The van der Waals surface area contributed by atoms with Crippen molar-refractivity contribution in [2.24, 2.45) is 17.8 Å². The molecule has 0 spiro atoms. The van der Waals surface area contributed by atoms with E-state index < -0.39 is 5.97 Å². The normalized spacial score (nSPS) is 29.4. The van der Waals surface area contributed by atoms with E-state index in [0.717, 1.165) is 42.2 Å². The first-order valence-corrected chi connectivity index (χ1v) is 14.8. The molecule has 4 nitrogen and oxygen atoms in total. The predicted octanol–water partition coefficient (Wildman–Crippen LogP) is 7.88. The van der Waals surface area contributed by atoms with Crippen molar-refractivity contribution in [3.05, 3.63) is 65.7 Å². The number of rotatable bonds is 6. The standard InChI is InChI=1S/C34H39NO3/c1-22(35-12-3-2-4-13-35)38-32-17-28-6-5-7-29(26-8-10-27(11-9-26)33(36)37)30(28)18-31(32)34-19-23-14-24(20-34)16-25(15-23)21-34/h5-11,17-18,22-25H,2-4,12-16,19-21H2,1H3,(H,36,37). The molecule has 38 heavy (non-hydrogen) atoms. The van der Waals surface area contributed by atoms with E-state index in [1.807, 2.05) is 12.1 Å². The smallest absolute Gasteiger partial charge is 0.335 e. The molecule has 0 aromatic heterocycles. The zero-order valence-corrected chi connectivity index (χ0v) is 22.5. The van der Waals surface area contributed by atoms with E-state index in [4.69, 9.17) is 4.74 Å². The molecule has 1 saturated heterocycles. The van der Waals surface area contributed by atoms with Crippen LogP contribution in [0.3, 0.4) is 0 Å². The topological polar surface area (TPSA) is 49.8 Å². The lowest BCUT2D eigenvalue weighted by Crippen LogP contribution is -2.49. The maximum atomic E-state index is 11.4. The molecule has 4 aliphatic carbocycles. The summed E-state index contributed by atoms with van der Waals surface area (Å²) in [5, 5.41) is 11.8. The zero-order chi connectivity index (χ0) is 25.9. The lowest BCUT2D eigenvalue weighted by atomic mass is 9.48. The Kier molecular flexibility index (Phi) is 6.00. The summed E-state index contributed by atoms with van der Waals surface area (Å²) in [6.07, 6.45) is 12.1. The number of hydrogen-bond acceptors (Lipinski definition) is 3. The number of carbonyl (C=O) groups is 1. The van der Waals surface area contributed by atoms with Crippen LogP contribution in [0.5, 0.6) is 5.75 Å². The molecule has 1 N–H and O–H groups in total. The second kappa shape index (κ2) is 9.41. The molecule has 4 saturated carbocycles. The molecular formula is C34H39NO3. The minimum Gasteiger partial charge on any atom is -0.478 e. The van der Waals surface area contributed by atoms with Gasteiger partial charge in [-0.2, -0.15) is 0 Å². The highest BCUT2D eigenvalue weighted by Crippen LogP contribution is 2.62. The summed E-state index contributed by atoms with van der Waals surface area (Å²) in [4.78, 5) is 13.9. The van der Waals surface area contributed by atoms with Gasteiger partial charge in [0, 0.05) is 18.7 Å². The lowest BCUT2D eigenvalue weighted by Gasteiger charge is -2.57. The number of likely N-dealkylation sites (tertiary alicyclic amines) is 1. The Morgan fingerprint density at radius 1 is 0.921 bits per heavy atom. The van der Waals surface area contributed by atoms with Gasteiger partial charge in [-0.05, 0) is 128 Å². The number of carboxylic acid groups (broad SMARTS) is 1. The van der Waals surface area contributed by atoms with Crippen molar-refractivity contribution in [3.8, 4) is 16.9 Å². The third-order valence-corrected chi connectivity index (χ3v) is 10.2. The molecule has 0 amide bonds. The quantitative estimate of drug-likeness (QED) is 0.367. The lowest BCUT2D eigenvalue weighted by molar-refractivity contribution is -0.0110. The van der Waals surface area contributed by atoms with E-state index in [9.17, 15) is 9.90 Å². The summed E-state index contributed by atoms with van der Waals surface area (Å²) in [7, 11) is 0. The molecule has 3 aromatic rings. The van der Waals surface area contributed by atoms with Crippen LogP contribution in [0.15, 0.2) is 54.6 Å². The maximum absolute atomic E-state index is 11.4. The average Bonchev–Trinajstić information content (AvgIpc) is 2.92. The number of ether oxygens (including phenoxy) is 1. The van der Waals surface area contributed by atoms with Gasteiger partial charge in [-0.15, -0.1) is 0 Å². The summed E-state index contributed by atoms with van der Waals surface area (Å²) in [5.41, 5.74) is 4.21. The molecule has 0 radical (unpaired) electrons. The van der Waals surface area contributed by atoms with Crippen molar-refractivity contribution in [1.82, 2.24) is 4.90 Å². The monoisotopic (exact) mass is 509 g/mol. The Bertz CT molecular complexity index is 1320. The first kappa shape index (κ1) is 24.2. The third kappa shape index (κ3) is 4.22. The van der Waals surface area contributed by atoms with Crippen LogP contribution in [0.25, 0.3) is 21.9 Å². The number of piperidine rings is 1. The van der Waals surface area contributed by atoms with E-state index in [1.54, 1.807) is 12.1 Å². The van der Waals surface area contributed by atoms with Gasteiger partial charge in [0.25, 0.3) is 0 Å². The van der Waals surface area contributed by atoms with Gasteiger partial charge in [0.2, 0.25) is 0 Å². The second-order valence-corrected chi connectivity index (χ2v) is 12.8. The summed E-state index contributed by atoms with van der Waals surface area (Å²) in [6, 6.07) is 18.6. The molecule has 5 aliphatic rings. The SMILES string of the molecule is CC(Oc1cc2cccc(-c3ccc(C(=O)O)cc3)c2cc1C12CC3CC(CC(C3)C1)C2)N1CCCCC1. The molecule has 3 aromatic carbocycles. The van der Waals surface area contributed by atoms with Crippen LogP contribution in [0.4, 0.5) is 0 Å². The number of benzene rings is 3. The Morgan fingerprint density at radius 2 is 1.58 bits per heavy atom. The van der Waals surface area contributed by atoms with Crippen molar-refractivity contribution < 1.29 is 14.6 Å². The number of fused-ring (bicyclic) bond motifs is 1. The zero-order valence-electron chi connectivity index (χ0n) is 22.5. The van der Waals surface area contributed by atoms with Crippen molar-refractivity contribution in [2.45, 2.75) is 76.4 Å². The molecule has 4 heteroatoms. The van der Waals surface area contributed by atoms with E-state index in [2.05, 4.69) is 42.2 Å². The highest BCUT2D eigenvalue weighted by atomic mass is 16.5.